The van der Waals surface area contributed by atoms with Gasteiger partial charge in [0.05, 0.1) is 12.0 Å². The van der Waals surface area contributed by atoms with Crippen LogP contribution in [0.1, 0.15) is 30.4 Å². The zero-order valence-corrected chi connectivity index (χ0v) is 20.8. The van der Waals surface area contributed by atoms with Gasteiger partial charge in [0.25, 0.3) is 6.43 Å². The molecule has 0 atom stereocenters. The molecule has 0 bridgehead atoms. The molecule has 0 saturated heterocycles. The highest BCUT2D eigenvalue weighted by Crippen LogP contribution is 2.46. The summed E-state index contributed by atoms with van der Waals surface area (Å²) in [5.41, 5.74) is -2.23. The molecule has 2 N–H and O–H groups in total. The molecule has 40 heavy (non-hydrogen) atoms. The van der Waals surface area contributed by atoms with Crippen molar-refractivity contribution in [1.29, 1.82) is 0 Å². The van der Waals surface area contributed by atoms with Crippen LogP contribution in [0.15, 0.2) is 76.3 Å². The Morgan fingerprint density at radius 1 is 1.00 bits per heavy atom. The molecule has 0 unspecified atom stereocenters. The standard InChI is InChI=1S/C27H22F3N5O5/c28-20-2-1-3-21(32-20)40-19-10-8-18(9-11-19)31-24-33-25(38)35(15-27(12-13-27)23(36)37)26(39)34(24)14-16-4-6-17(7-5-16)22(29)30/h1-11,22H,12-15H2,(H,36,37)(H,31,33,38). The van der Waals surface area contributed by atoms with E-state index in [4.69, 9.17) is 4.74 Å². The highest BCUT2D eigenvalue weighted by atomic mass is 19.3. The molecule has 2 heterocycles. The summed E-state index contributed by atoms with van der Waals surface area (Å²) < 4.78 is 46.8. The number of nitrogens with one attached hydrogen (secondary N) is 1. The number of pyridine rings is 1. The second-order valence-corrected chi connectivity index (χ2v) is 9.35. The Bertz CT molecular complexity index is 1670. The number of hydrogen-bond donors (Lipinski definition) is 2. The van der Waals surface area contributed by atoms with E-state index >= 15 is 0 Å². The first-order chi connectivity index (χ1) is 19.1. The summed E-state index contributed by atoms with van der Waals surface area (Å²) in [4.78, 5) is 45.6. The van der Waals surface area contributed by atoms with Crippen LogP contribution in [-0.4, -0.2) is 30.2 Å². The molecule has 10 nitrogen and oxygen atoms in total. The zero-order valence-electron chi connectivity index (χ0n) is 20.8. The number of nitrogens with zero attached hydrogens (tertiary/aromatic N) is 4. The smallest absolute Gasteiger partial charge is 0.354 e. The molecule has 1 aliphatic rings. The quantitative estimate of drug-likeness (QED) is 0.278. The van der Waals surface area contributed by atoms with E-state index < -0.39 is 35.1 Å². The fourth-order valence-electron chi connectivity index (χ4n) is 4.05. The first kappa shape index (κ1) is 26.7. The average Bonchev–Trinajstić information content (AvgIpc) is 3.71. The van der Waals surface area contributed by atoms with E-state index in [1.165, 1.54) is 42.5 Å². The number of rotatable bonds is 10. The number of carboxylic acids is 1. The normalized spacial score (nSPS) is 13.7. The third kappa shape index (κ3) is 5.72. The maximum Gasteiger partial charge on any atom is 0.354 e. The van der Waals surface area contributed by atoms with Crippen LogP contribution in [0.4, 0.5) is 24.8 Å². The Hall–Kier alpha value is -4.94. The minimum atomic E-state index is -2.66. The molecule has 0 aliphatic heterocycles. The van der Waals surface area contributed by atoms with Gasteiger partial charge < -0.3 is 15.2 Å². The van der Waals surface area contributed by atoms with Crippen LogP contribution in [0.25, 0.3) is 0 Å². The van der Waals surface area contributed by atoms with E-state index in [1.807, 2.05) is 0 Å². The van der Waals surface area contributed by atoms with E-state index in [1.54, 1.807) is 24.3 Å². The number of hydrogen-bond acceptors (Lipinski definition) is 7. The van der Waals surface area contributed by atoms with Gasteiger partial charge in [-0.2, -0.15) is 14.4 Å². The van der Waals surface area contributed by atoms with Crippen molar-refractivity contribution in [3.8, 4) is 11.6 Å². The number of aliphatic carboxylic acids is 1. The summed E-state index contributed by atoms with van der Waals surface area (Å²) in [6, 6.07) is 15.7. The van der Waals surface area contributed by atoms with Gasteiger partial charge in [0.15, 0.2) is 0 Å². The first-order valence-corrected chi connectivity index (χ1v) is 12.1. The summed E-state index contributed by atoms with van der Waals surface area (Å²) in [5.74, 6) is -1.55. The van der Waals surface area contributed by atoms with Crippen LogP contribution < -0.4 is 21.4 Å². The summed E-state index contributed by atoms with van der Waals surface area (Å²) >= 11 is 0. The second-order valence-electron chi connectivity index (χ2n) is 9.35. The zero-order chi connectivity index (χ0) is 28.4. The van der Waals surface area contributed by atoms with Gasteiger partial charge in [0, 0.05) is 23.9 Å². The molecule has 0 radical (unpaired) electrons. The Labute approximate surface area is 224 Å². The topological polar surface area (TPSA) is 128 Å². The number of alkyl halides is 2. The third-order valence-corrected chi connectivity index (χ3v) is 6.51. The monoisotopic (exact) mass is 553 g/mol. The highest BCUT2D eigenvalue weighted by Gasteiger charge is 2.51. The van der Waals surface area contributed by atoms with Crippen LogP contribution in [0.5, 0.6) is 11.6 Å². The fraction of sp³-hybridized carbons (Fsp3) is 0.222. The van der Waals surface area contributed by atoms with E-state index in [9.17, 15) is 32.7 Å². The number of carboxylic acid groups (broad SMARTS) is 1. The lowest BCUT2D eigenvalue weighted by Gasteiger charge is -2.17. The SMILES string of the molecule is O=C(O)C1(Cn2c(=O)nc(Nc3ccc(Oc4cccc(F)n4)cc3)n(Cc3ccc(C(F)F)cc3)c2=O)CC1. The number of benzene rings is 2. The van der Waals surface area contributed by atoms with Gasteiger partial charge in [-0.15, -0.1) is 0 Å². The van der Waals surface area contributed by atoms with Gasteiger partial charge in [0.1, 0.15) is 5.75 Å². The minimum Gasteiger partial charge on any atom is -0.481 e. The lowest BCUT2D eigenvalue weighted by Crippen LogP contribution is -2.45. The lowest BCUT2D eigenvalue weighted by atomic mass is 10.1. The summed E-state index contributed by atoms with van der Waals surface area (Å²) in [6.45, 7) is -0.470. The molecule has 0 spiro atoms. The Balaban J connectivity index is 1.46. The Kier molecular flexibility index (Phi) is 7.11. The van der Waals surface area contributed by atoms with Crippen molar-refractivity contribution in [2.75, 3.05) is 5.32 Å². The average molecular weight is 553 g/mol. The lowest BCUT2D eigenvalue weighted by molar-refractivity contribution is -0.144. The van der Waals surface area contributed by atoms with Crippen molar-refractivity contribution in [1.82, 2.24) is 19.1 Å². The predicted octanol–water partition coefficient (Wildman–Crippen LogP) is 4.33. The van der Waals surface area contributed by atoms with Crippen molar-refractivity contribution < 1.29 is 27.8 Å². The molecule has 4 aromatic rings. The van der Waals surface area contributed by atoms with Gasteiger partial charge in [-0.3, -0.25) is 9.36 Å². The van der Waals surface area contributed by atoms with Crippen LogP contribution in [0.2, 0.25) is 0 Å². The number of aromatic nitrogens is 4. The number of carbonyl (C=O) groups is 1. The van der Waals surface area contributed by atoms with Crippen molar-refractivity contribution in [3.05, 3.63) is 105 Å². The molecule has 1 aliphatic carbocycles. The van der Waals surface area contributed by atoms with E-state index in [2.05, 4.69) is 15.3 Å². The van der Waals surface area contributed by atoms with Crippen molar-refractivity contribution in [3.63, 3.8) is 0 Å². The van der Waals surface area contributed by atoms with Crippen molar-refractivity contribution >= 4 is 17.6 Å². The van der Waals surface area contributed by atoms with Gasteiger partial charge in [-0.05, 0) is 48.7 Å². The van der Waals surface area contributed by atoms with Crippen LogP contribution >= 0.6 is 0 Å². The first-order valence-electron chi connectivity index (χ1n) is 12.1. The summed E-state index contributed by atoms with van der Waals surface area (Å²) in [5, 5.41) is 12.5. The number of halogens is 3. The van der Waals surface area contributed by atoms with Crippen molar-refractivity contribution in [2.45, 2.75) is 32.4 Å². The van der Waals surface area contributed by atoms with Gasteiger partial charge in [-0.25, -0.2) is 22.9 Å². The Morgan fingerprint density at radius 3 is 2.30 bits per heavy atom. The Morgan fingerprint density at radius 2 is 1.70 bits per heavy atom. The van der Waals surface area contributed by atoms with Crippen molar-refractivity contribution in [2.24, 2.45) is 5.41 Å². The van der Waals surface area contributed by atoms with Crippen LogP contribution in [-0.2, 0) is 17.9 Å². The number of anilines is 2. The molecule has 1 fully saturated rings. The number of ether oxygens (including phenoxy) is 1. The molecule has 5 rings (SSSR count). The third-order valence-electron chi connectivity index (χ3n) is 6.51. The van der Waals surface area contributed by atoms with E-state index in [0.717, 1.165) is 9.13 Å². The fourth-order valence-corrected chi connectivity index (χ4v) is 4.05. The van der Waals surface area contributed by atoms with Gasteiger partial charge in [-0.1, -0.05) is 30.3 Å². The van der Waals surface area contributed by atoms with Gasteiger partial charge >= 0.3 is 17.3 Å². The molecule has 2 aromatic carbocycles. The van der Waals surface area contributed by atoms with E-state index in [0.29, 0.717) is 29.8 Å². The largest absolute Gasteiger partial charge is 0.481 e. The molecule has 2 aromatic heterocycles. The molecule has 13 heteroatoms. The maximum absolute atomic E-state index is 13.5. The minimum absolute atomic E-state index is 0.0486. The van der Waals surface area contributed by atoms with Gasteiger partial charge in [0.2, 0.25) is 17.8 Å². The molecule has 1 saturated carbocycles. The predicted molar refractivity (Wildman–Crippen MR) is 137 cm³/mol. The molecular weight excluding hydrogens is 531 g/mol. The molecule has 206 valence electrons. The summed E-state index contributed by atoms with van der Waals surface area (Å²) in [6.07, 6.45) is -2.02. The van der Waals surface area contributed by atoms with E-state index in [-0.39, 0.29) is 30.5 Å². The molecule has 0 amide bonds. The van der Waals surface area contributed by atoms with Crippen LogP contribution in [0.3, 0.4) is 0 Å². The summed E-state index contributed by atoms with van der Waals surface area (Å²) in [7, 11) is 0. The highest BCUT2D eigenvalue weighted by molar-refractivity contribution is 5.77. The molecular formula is C27H22F3N5O5. The van der Waals surface area contributed by atoms with Crippen LogP contribution in [0, 0.1) is 11.4 Å². The second kappa shape index (κ2) is 10.7. The maximum atomic E-state index is 13.5.